The molecule has 3 heterocycles. The summed E-state index contributed by atoms with van der Waals surface area (Å²) in [6, 6.07) is 7.49. The number of benzene rings is 1. The zero-order valence-corrected chi connectivity index (χ0v) is 19.9. The van der Waals surface area contributed by atoms with Crippen LogP contribution in [0.5, 0.6) is 5.75 Å². The van der Waals surface area contributed by atoms with E-state index in [1.807, 2.05) is 38.1 Å². The van der Waals surface area contributed by atoms with Crippen molar-refractivity contribution >= 4 is 33.3 Å². The van der Waals surface area contributed by atoms with Gasteiger partial charge in [0.1, 0.15) is 10.6 Å². The van der Waals surface area contributed by atoms with Crippen molar-refractivity contribution in [2.45, 2.75) is 56.4 Å². The highest BCUT2D eigenvalue weighted by Crippen LogP contribution is 2.35. The van der Waals surface area contributed by atoms with Gasteiger partial charge in [0, 0.05) is 10.8 Å². The number of aryl methyl sites for hydroxylation is 2. The highest BCUT2D eigenvalue weighted by Gasteiger charge is 2.23. The van der Waals surface area contributed by atoms with Gasteiger partial charge in [0.2, 0.25) is 5.89 Å². The number of thiophene rings is 1. The molecule has 0 saturated heterocycles. The van der Waals surface area contributed by atoms with Gasteiger partial charge in [-0.25, -0.2) is 4.98 Å². The minimum atomic E-state index is -0.0181. The number of hydrogen-bond acceptors (Lipinski definition) is 8. The van der Waals surface area contributed by atoms with Crippen molar-refractivity contribution in [3.05, 3.63) is 56.8 Å². The van der Waals surface area contributed by atoms with Crippen LogP contribution < -0.4 is 10.3 Å². The summed E-state index contributed by atoms with van der Waals surface area (Å²) in [5.41, 5.74) is 1.93. The van der Waals surface area contributed by atoms with Gasteiger partial charge in [0.15, 0.2) is 11.0 Å². The summed E-state index contributed by atoms with van der Waals surface area (Å²) in [5, 5.41) is 5.43. The Balaban J connectivity index is 1.61. The molecular formula is C23H24N4O3S2. The van der Waals surface area contributed by atoms with Crippen LogP contribution in [0.2, 0.25) is 0 Å². The summed E-state index contributed by atoms with van der Waals surface area (Å²) >= 11 is 3.09. The summed E-state index contributed by atoms with van der Waals surface area (Å²) in [6.07, 6.45) is 4.26. The number of nitrogens with zero attached hydrogens (tertiary/aromatic N) is 4. The molecule has 7 nitrogen and oxygen atoms in total. The average molecular weight is 469 g/mol. The standard InChI is InChI=1S/C23H24N4O3S2/c1-13(2)20-24-18(30-26-20)12-31-23-25-21-19(16-6-4-5-7-17(16)32-21)22(28)27(23)14-8-10-15(29-3)11-9-14/h8-11,13H,4-7,12H2,1-3H3. The van der Waals surface area contributed by atoms with E-state index in [1.165, 1.54) is 28.6 Å². The largest absolute Gasteiger partial charge is 0.497 e. The van der Waals surface area contributed by atoms with E-state index in [4.69, 9.17) is 14.2 Å². The van der Waals surface area contributed by atoms with Crippen LogP contribution in [-0.4, -0.2) is 26.8 Å². The van der Waals surface area contributed by atoms with E-state index in [9.17, 15) is 4.79 Å². The molecule has 0 spiro atoms. The molecule has 0 aliphatic heterocycles. The Hall–Kier alpha value is -2.65. The van der Waals surface area contributed by atoms with E-state index in [0.29, 0.717) is 22.6 Å². The van der Waals surface area contributed by atoms with Crippen molar-refractivity contribution in [3.8, 4) is 11.4 Å². The number of fused-ring (bicyclic) bond motifs is 3. The van der Waals surface area contributed by atoms with Crippen LogP contribution >= 0.6 is 23.1 Å². The molecule has 1 aromatic carbocycles. The predicted molar refractivity (Wildman–Crippen MR) is 126 cm³/mol. The van der Waals surface area contributed by atoms with Gasteiger partial charge in [0.25, 0.3) is 5.56 Å². The maximum atomic E-state index is 13.8. The number of methoxy groups -OCH3 is 1. The first kappa shape index (κ1) is 21.2. The second-order valence-electron chi connectivity index (χ2n) is 8.11. The van der Waals surface area contributed by atoms with Gasteiger partial charge < -0.3 is 9.26 Å². The summed E-state index contributed by atoms with van der Waals surface area (Å²) in [5.74, 6) is 2.59. The maximum absolute atomic E-state index is 13.8. The number of thioether (sulfide) groups is 1. The maximum Gasteiger partial charge on any atom is 0.267 e. The number of hydrogen-bond donors (Lipinski definition) is 0. The Morgan fingerprint density at radius 1 is 1.19 bits per heavy atom. The molecule has 0 saturated carbocycles. The summed E-state index contributed by atoms with van der Waals surface area (Å²) in [6.45, 7) is 4.05. The summed E-state index contributed by atoms with van der Waals surface area (Å²) in [4.78, 5) is 25.3. The Morgan fingerprint density at radius 2 is 1.97 bits per heavy atom. The third-order valence-electron chi connectivity index (χ3n) is 5.61. The van der Waals surface area contributed by atoms with Gasteiger partial charge >= 0.3 is 0 Å². The van der Waals surface area contributed by atoms with Crippen molar-refractivity contribution in [3.63, 3.8) is 0 Å². The van der Waals surface area contributed by atoms with E-state index in [-0.39, 0.29) is 11.5 Å². The second-order valence-corrected chi connectivity index (χ2v) is 10.1. The fourth-order valence-corrected chi connectivity index (χ4v) is 6.08. The van der Waals surface area contributed by atoms with E-state index >= 15 is 0 Å². The van der Waals surface area contributed by atoms with Gasteiger partial charge in [-0.2, -0.15) is 4.98 Å². The van der Waals surface area contributed by atoms with E-state index < -0.39 is 0 Å². The quantitative estimate of drug-likeness (QED) is 0.286. The smallest absolute Gasteiger partial charge is 0.267 e. The molecule has 1 aliphatic rings. The molecule has 0 bridgehead atoms. The van der Waals surface area contributed by atoms with E-state index in [1.54, 1.807) is 23.0 Å². The minimum Gasteiger partial charge on any atom is -0.497 e. The lowest BCUT2D eigenvalue weighted by atomic mass is 9.97. The zero-order chi connectivity index (χ0) is 22.2. The molecule has 0 amide bonds. The van der Waals surface area contributed by atoms with Crippen LogP contribution in [0.4, 0.5) is 0 Å². The van der Waals surface area contributed by atoms with Crippen molar-refractivity contribution in [1.82, 2.24) is 19.7 Å². The van der Waals surface area contributed by atoms with Crippen molar-refractivity contribution in [2.24, 2.45) is 0 Å². The van der Waals surface area contributed by atoms with E-state index in [0.717, 1.165) is 40.9 Å². The molecule has 0 unspecified atom stereocenters. The van der Waals surface area contributed by atoms with Crippen molar-refractivity contribution < 1.29 is 9.26 Å². The molecule has 9 heteroatoms. The second kappa shape index (κ2) is 8.71. The van der Waals surface area contributed by atoms with Gasteiger partial charge in [-0.05, 0) is 55.5 Å². The third kappa shape index (κ3) is 3.84. The first-order valence-corrected chi connectivity index (χ1v) is 12.5. The Labute approximate surface area is 193 Å². The van der Waals surface area contributed by atoms with Crippen LogP contribution in [0.25, 0.3) is 15.9 Å². The fraction of sp³-hybridized carbons (Fsp3) is 0.391. The van der Waals surface area contributed by atoms with Crippen LogP contribution in [0.15, 0.2) is 38.7 Å². The van der Waals surface area contributed by atoms with Crippen molar-refractivity contribution in [1.29, 1.82) is 0 Å². The number of aromatic nitrogens is 4. The average Bonchev–Trinajstić information content (AvgIpc) is 3.42. The fourth-order valence-electron chi connectivity index (χ4n) is 3.93. The lowest BCUT2D eigenvalue weighted by Gasteiger charge is -2.13. The molecule has 1 aliphatic carbocycles. The molecule has 3 aromatic heterocycles. The molecule has 4 aromatic rings. The molecule has 0 fully saturated rings. The zero-order valence-electron chi connectivity index (χ0n) is 18.3. The van der Waals surface area contributed by atoms with Gasteiger partial charge in [-0.15, -0.1) is 11.3 Å². The van der Waals surface area contributed by atoms with Gasteiger partial charge in [-0.1, -0.05) is 30.8 Å². The van der Waals surface area contributed by atoms with Crippen molar-refractivity contribution in [2.75, 3.05) is 7.11 Å². The van der Waals surface area contributed by atoms with Crippen LogP contribution in [0, 0.1) is 0 Å². The number of ether oxygens (including phenoxy) is 1. The molecule has 0 radical (unpaired) electrons. The molecule has 0 atom stereocenters. The lowest BCUT2D eigenvalue weighted by Crippen LogP contribution is -2.22. The predicted octanol–water partition coefficient (Wildman–Crippen LogP) is 5.13. The first-order valence-electron chi connectivity index (χ1n) is 10.7. The normalized spacial score (nSPS) is 13.6. The highest BCUT2D eigenvalue weighted by molar-refractivity contribution is 7.98. The molecule has 32 heavy (non-hydrogen) atoms. The summed E-state index contributed by atoms with van der Waals surface area (Å²) < 4.78 is 12.4. The van der Waals surface area contributed by atoms with Crippen LogP contribution in [0.1, 0.15) is 54.8 Å². The lowest BCUT2D eigenvalue weighted by molar-refractivity contribution is 0.382. The van der Waals surface area contributed by atoms with Crippen LogP contribution in [0.3, 0.4) is 0 Å². The first-order chi connectivity index (χ1) is 15.5. The topological polar surface area (TPSA) is 83.0 Å². The van der Waals surface area contributed by atoms with Gasteiger partial charge in [-0.3, -0.25) is 9.36 Å². The third-order valence-corrected chi connectivity index (χ3v) is 7.72. The Kier molecular flexibility index (Phi) is 5.77. The Bertz CT molecular complexity index is 1320. The minimum absolute atomic E-state index is 0.0181. The van der Waals surface area contributed by atoms with E-state index in [2.05, 4.69) is 10.1 Å². The molecular weight excluding hydrogens is 444 g/mol. The molecule has 166 valence electrons. The monoisotopic (exact) mass is 468 g/mol. The molecule has 5 rings (SSSR count). The highest BCUT2D eigenvalue weighted by atomic mass is 32.2. The molecule has 0 N–H and O–H groups in total. The summed E-state index contributed by atoms with van der Waals surface area (Å²) in [7, 11) is 1.63. The van der Waals surface area contributed by atoms with Crippen LogP contribution in [-0.2, 0) is 18.6 Å². The Morgan fingerprint density at radius 3 is 2.69 bits per heavy atom. The number of rotatable bonds is 6. The SMILES string of the molecule is COc1ccc(-n2c(SCc3nc(C(C)C)no3)nc3sc4c(c3c2=O)CCCC4)cc1. The van der Waals surface area contributed by atoms with Gasteiger partial charge in [0.05, 0.1) is 23.9 Å².